The van der Waals surface area contributed by atoms with Gasteiger partial charge in [-0.15, -0.1) is 0 Å². The van der Waals surface area contributed by atoms with Gasteiger partial charge < -0.3 is 15.6 Å². The lowest BCUT2D eigenvalue weighted by Gasteiger charge is -2.23. The molecule has 1 fully saturated rings. The van der Waals surface area contributed by atoms with E-state index < -0.39 is 0 Å². The standard InChI is InChI=1S/C15H24ClN3O/c1-2-7-19-10-12(16)8-14(19)15(20)18-13(9-17)11-5-3-4-6-11/h8,10-11,13H,2-7,9,17H2,1H3,(H,18,20). The summed E-state index contributed by atoms with van der Waals surface area (Å²) in [5, 5.41) is 3.70. The van der Waals surface area contributed by atoms with Crippen LogP contribution in [0.3, 0.4) is 0 Å². The van der Waals surface area contributed by atoms with Crippen LogP contribution >= 0.6 is 11.6 Å². The predicted molar refractivity (Wildman–Crippen MR) is 82.0 cm³/mol. The Morgan fingerprint density at radius 1 is 1.55 bits per heavy atom. The molecular formula is C15H24ClN3O. The lowest BCUT2D eigenvalue weighted by atomic mass is 9.98. The maximum Gasteiger partial charge on any atom is 0.268 e. The minimum atomic E-state index is -0.0623. The first kappa shape index (κ1) is 15.4. The molecule has 0 spiro atoms. The lowest BCUT2D eigenvalue weighted by Crippen LogP contribution is -2.45. The van der Waals surface area contributed by atoms with Crippen LogP contribution in [0, 0.1) is 5.92 Å². The topological polar surface area (TPSA) is 60.0 Å². The van der Waals surface area contributed by atoms with Gasteiger partial charge in [0.25, 0.3) is 5.91 Å². The Hall–Kier alpha value is -1.00. The number of rotatable bonds is 6. The van der Waals surface area contributed by atoms with E-state index >= 15 is 0 Å². The Bertz CT molecular complexity index is 452. The maximum absolute atomic E-state index is 12.4. The SMILES string of the molecule is CCCn1cc(Cl)cc1C(=O)NC(CN)C1CCCC1. The fourth-order valence-electron chi connectivity index (χ4n) is 3.06. The molecule has 2 rings (SSSR count). The summed E-state index contributed by atoms with van der Waals surface area (Å²) in [5.74, 6) is 0.460. The summed E-state index contributed by atoms with van der Waals surface area (Å²) in [4.78, 5) is 12.4. The summed E-state index contributed by atoms with van der Waals surface area (Å²) in [6.07, 6.45) is 7.60. The van der Waals surface area contributed by atoms with Gasteiger partial charge in [-0.05, 0) is 31.2 Å². The summed E-state index contributed by atoms with van der Waals surface area (Å²) in [6, 6.07) is 1.81. The van der Waals surface area contributed by atoms with E-state index in [0.717, 1.165) is 13.0 Å². The van der Waals surface area contributed by atoms with Gasteiger partial charge in [0.2, 0.25) is 0 Å². The van der Waals surface area contributed by atoms with Crippen LogP contribution in [0.5, 0.6) is 0 Å². The maximum atomic E-state index is 12.4. The van der Waals surface area contributed by atoms with E-state index in [1.165, 1.54) is 25.7 Å². The van der Waals surface area contributed by atoms with Crippen LogP contribution in [-0.2, 0) is 6.54 Å². The van der Waals surface area contributed by atoms with Crippen molar-refractivity contribution in [2.24, 2.45) is 11.7 Å². The number of nitrogens with two attached hydrogens (primary N) is 1. The van der Waals surface area contributed by atoms with Crippen LogP contribution in [0.15, 0.2) is 12.3 Å². The Morgan fingerprint density at radius 3 is 2.85 bits per heavy atom. The smallest absolute Gasteiger partial charge is 0.268 e. The molecule has 1 heterocycles. The molecule has 112 valence electrons. The van der Waals surface area contributed by atoms with Crippen molar-refractivity contribution in [3.63, 3.8) is 0 Å². The normalized spacial score (nSPS) is 17.4. The second-order valence-corrected chi connectivity index (χ2v) is 6.03. The number of nitrogens with zero attached hydrogens (tertiary/aromatic N) is 1. The molecule has 1 saturated carbocycles. The van der Waals surface area contributed by atoms with Gasteiger partial charge in [-0.2, -0.15) is 0 Å². The van der Waals surface area contributed by atoms with Gasteiger partial charge in [0.1, 0.15) is 5.69 Å². The molecule has 0 aliphatic heterocycles. The summed E-state index contributed by atoms with van der Waals surface area (Å²) in [7, 11) is 0. The van der Waals surface area contributed by atoms with Crippen LogP contribution in [0.25, 0.3) is 0 Å². The third-order valence-corrected chi connectivity index (χ3v) is 4.31. The molecule has 1 aliphatic rings. The Balaban J connectivity index is 2.06. The van der Waals surface area contributed by atoms with Crippen LogP contribution in [-0.4, -0.2) is 23.1 Å². The summed E-state index contributed by atoms with van der Waals surface area (Å²) >= 11 is 6.02. The van der Waals surface area contributed by atoms with Gasteiger partial charge in [-0.25, -0.2) is 0 Å². The van der Waals surface area contributed by atoms with Gasteiger partial charge in [-0.3, -0.25) is 4.79 Å². The molecule has 1 unspecified atom stereocenters. The highest BCUT2D eigenvalue weighted by molar-refractivity contribution is 6.31. The third-order valence-electron chi connectivity index (χ3n) is 4.10. The van der Waals surface area contributed by atoms with Crippen molar-refractivity contribution >= 4 is 17.5 Å². The number of carbonyl (C=O) groups excluding carboxylic acids is 1. The van der Waals surface area contributed by atoms with Crippen molar-refractivity contribution in [3.8, 4) is 0 Å². The number of nitrogens with one attached hydrogen (secondary N) is 1. The lowest BCUT2D eigenvalue weighted by molar-refractivity contribution is 0.0914. The fourth-order valence-corrected chi connectivity index (χ4v) is 3.28. The molecule has 1 aromatic rings. The van der Waals surface area contributed by atoms with E-state index in [9.17, 15) is 4.79 Å². The van der Waals surface area contributed by atoms with E-state index in [4.69, 9.17) is 17.3 Å². The minimum absolute atomic E-state index is 0.0623. The Kier molecular flexibility index (Phi) is 5.49. The predicted octanol–water partition coefficient (Wildman–Crippen LogP) is 2.80. The molecule has 3 N–H and O–H groups in total. The fraction of sp³-hybridized carbons (Fsp3) is 0.667. The number of amides is 1. The molecule has 0 saturated heterocycles. The molecule has 1 amide bonds. The number of halogens is 1. The molecule has 4 nitrogen and oxygen atoms in total. The van der Waals surface area contributed by atoms with E-state index in [2.05, 4.69) is 12.2 Å². The van der Waals surface area contributed by atoms with Crippen LogP contribution < -0.4 is 11.1 Å². The summed E-state index contributed by atoms with van der Waals surface area (Å²) < 4.78 is 1.92. The summed E-state index contributed by atoms with van der Waals surface area (Å²) in [6.45, 7) is 3.38. The molecule has 0 bridgehead atoms. The largest absolute Gasteiger partial charge is 0.346 e. The molecule has 0 aromatic carbocycles. The van der Waals surface area contributed by atoms with Crippen LogP contribution in [0.4, 0.5) is 0 Å². The zero-order valence-electron chi connectivity index (χ0n) is 12.1. The van der Waals surface area contributed by atoms with E-state index in [1.807, 2.05) is 10.8 Å². The Morgan fingerprint density at radius 2 is 2.25 bits per heavy atom. The van der Waals surface area contributed by atoms with Gasteiger partial charge in [0, 0.05) is 25.3 Å². The second kappa shape index (κ2) is 7.14. The molecule has 0 radical (unpaired) electrons. The number of aryl methyl sites for hydroxylation is 1. The van der Waals surface area contributed by atoms with Gasteiger partial charge in [0.15, 0.2) is 0 Å². The average molecular weight is 298 g/mol. The zero-order valence-corrected chi connectivity index (χ0v) is 12.8. The monoisotopic (exact) mass is 297 g/mol. The first-order valence-corrected chi connectivity index (χ1v) is 7.90. The number of aromatic nitrogens is 1. The molecule has 20 heavy (non-hydrogen) atoms. The third kappa shape index (κ3) is 3.55. The van der Waals surface area contributed by atoms with Crippen molar-refractivity contribution in [1.82, 2.24) is 9.88 Å². The number of carbonyl (C=O) groups is 1. The summed E-state index contributed by atoms with van der Waals surface area (Å²) in [5.41, 5.74) is 6.47. The van der Waals surface area contributed by atoms with Crippen molar-refractivity contribution in [2.75, 3.05) is 6.54 Å². The highest BCUT2D eigenvalue weighted by Crippen LogP contribution is 2.27. The quantitative estimate of drug-likeness (QED) is 0.848. The molecular weight excluding hydrogens is 274 g/mol. The first-order valence-electron chi connectivity index (χ1n) is 7.52. The molecule has 1 atom stereocenters. The Labute approximate surface area is 125 Å². The van der Waals surface area contributed by atoms with E-state index in [-0.39, 0.29) is 11.9 Å². The number of hydrogen-bond donors (Lipinski definition) is 2. The van der Waals surface area contributed by atoms with Gasteiger partial charge >= 0.3 is 0 Å². The number of hydrogen-bond acceptors (Lipinski definition) is 2. The van der Waals surface area contributed by atoms with E-state index in [1.54, 1.807) is 6.07 Å². The van der Waals surface area contributed by atoms with Crippen molar-refractivity contribution in [2.45, 2.75) is 51.6 Å². The highest BCUT2D eigenvalue weighted by Gasteiger charge is 2.26. The molecule has 1 aliphatic carbocycles. The van der Waals surface area contributed by atoms with Crippen molar-refractivity contribution in [3.05, 3.63) is 23.0 Å². The second-order valence-electron chi connectivity index (χ2n) is 5.60. The zero-order chi connectivity index (χ0) is 14.5. The minimum Gasteiger partial charge on any atom is -0.346 e. The molecule has 1 aromatic heterocycles. The average Bonchev–Trinajstić information content (AvgIpc) is 3.06. The highest BCUT2D eigenvalue weighted by atomic mass is 35.5. The van der Waals surface area contributed by atoms with Crippen LogP contribution in [0.1, 0.15) is 49.5 Å². The van der Waals surface area contributed by atoms with Gasteiger partial charge in [0.05, 0.1) is 5.02 Å². The van der Waals surface area contributed by atoms with Gasteiger partial charge in [-0.1, -0.05) is 31.4 Å². The molecule has 5 heteroatoms. The first-order chi connectivity index (χ1) is 9.65. The van der Waals surface area contributed by atoms with Crippen LogP contribution in [0.2, 0.25) is 5.02 Å². The van der Waals surface area contributed by atoms with Crippen molar-refractivity contribution < 1.29 is 4.79 Å². The van der Waals surface area contributed by atoms with Crippen molar-refractivity contribution in [1.29, 1.82) is 0 Å². The van der Waals surface area contributed by atoms with E-state index in [0.29, 0.717) is 23.2 Å².